The summed E-state index contributed by atoms with van der Waals surface area (Å²) in [6.07, 6.45) is 0.286. The normalized spacial score (nSPS) is 9.69. The number of hydrogen-bond donors (Lipinski definition) is 2. The van der Waals surface area contributed by atoms with Crippen molar-refractivity contribution in [3.8, 4) is 6.07 Å². The van der Waals surface area contributed by atoms with Gasteiger partial charge in [0.15, 0.2) is 0 Å². The molecular formula is C10H18N4O2. The Bertz CT molecular complexity index is 283. The molecule has 90 valence electrons. The monoisotopic (exact) mass is 226 g/mol. The maximum atomic E-state index is 11.7. The Balaban J connectivity index is 4.18. The van der Waals surface area contributed by atoms with Gasteiger partial charge in [0.1, 0.15) is 0 Å². The fourth-order valence-electron chi connectivity index (χ4n) is 1.19. The molecule has 0 rings (SSSR count). The second-order valence-corrected chi connectivity index (χ2v) is 3.57. The lowest BCUT2D eigenvalue weighted by atomic mass is 10.3. The van der Waals surface area contributed by atoms with Crippen LogP contribution < -0.4 is 11.1 Å². The van der Waals surface area contributed by atoms with Gasteiger partial charge in [-0.25, -0.2) is 0 Å². The van der Waals surface area contributed by atoms with Gasteiger partial charge in [0.25, 0.3) is 0 Å². The van der Waals surface area contributed by atoms with E-state index >= 15 is 0 Å². The van der Waals surface area contributed by atoms with Gasteiger partial charge >= 0.3 is 0 Å². The lowest BCUT2D eigenvalue weighted by Gasteiger charge is -2.25. The van der Waals surface area contributed by atoms with E-state index in [9.17, 15) is 9.59 Å². The molecule has 0 aromatic carbocycles. The smallest absolute Gasteiger partial charge is 0.242 e. The third-order valence-electron chi connectivity index (χ3n) is 2.03. The van der Waals surface area contributed by atoms with Crippen molar-refractivity contribution >= 4 is 11.8 Å². The Hall–Kier alpha value is -1.61. The molecule has 0 saturated heterocycles. The zero-order valence-electron chi connectivity index (χ0n) is 9.69. The highest BCUT2D eigenvalue weighted by Gasteiger charge is 2.16. The van der Waals surface area contributed by atoms with Crippen molar-refractivity contribution in [2.45, 2.75) is 26.3 Å². The molecule has 0 aromatic rings. The van der Waals surface area contributed by atoms with Crippen LogP contribution in [0.3, 0.4) is 0 Å². The van der Waals surface area contributed by atoms with Gasteiger partial charge in [0, 0.05) is 12.6 Å². The highest BCUT2D eigenvalue weighted by molar-refractivity contribution is 5.85. The first-order valence-corrected chi connectivity index (χ1v) is 5.16. The summed E-state index contributed by atoms with van der Waals surface area (Å²) in [5.41, 5.74) is 5.09. The van der Waals surface area contributed by atoms with Gasteiger partial charge in [-0.1, -0.05) is 0 Å². The molecule has 6 heteroatoms. The minimum Gasteiger partial charge on any atom is -0.346 e. The summed E-state index contributed by atoms with van der Waals surface area (Å²) in [4.78, 5) is 24.1. The van der Waals surface area contributed by atoms with Crippen molar-refractivity contribution in [3.63, 3.8) is 0 Å². The molecule has 6 nitrogen and oxygen atoms in total. The van der Waals surface area contributed by atoms with Crippen LogP contribution in [-0.4, -0.2) is 42.4 Å². The van der Waals surface area contributed by atoms with Crippen LogP contribution in [0.25, 0.3) is 0 Å². The predicted molar refractivity (Wildman–Crippen MR) is 59.1 cm³/mol. The van der Waals surface area contributed by atoms with Crippen LogP contribution in [0.4, 0.5) is 0 Å². The summed E-state index contributed by atoms with van der Waals surface area (Å²) in [5, 5.41) is 10.9. The van der Waals surface area contributed by atoms with Gasteiger partial charge in [-0.3, -0.25) is 9.59 Å². The van der Waals surface area contributed by atoms with Gasteiger partial charge in [0.05, 0.1) is 25.6 Å². The molecule has 3 N–H and O–H groups in total. The average molecular weight is 226 g/mol. The Morgan fingerprint density at radius 3 is 2.56 bits per heavy atom. The number of nitriles is 1. The van der Waals surface area contributed by atoms with Crippen LogP contribution in [0.15, 0.2) is 0 Å². The molecule has 0 unspecified atom stereocenters. The molecule has 0 saturated carbocycles. The first-order valence-electron chi connectivity index (χ1n) is 5.16. The fraction of sp³-hybridized carbons (Fsp3) is 0.700. The van der Waals surface area contributed by atoms with Crippen LogP contribution >= 0.6 is 0 Å². The molecule has 2 amide bonds. The zero-order chi connectivity index (χ0) is 12.6. The van der Waals surface area contributed by atoms with Crippen molar-refractivity contribution in [1.82, 2.24) is 10.2 Å². The molecule has 0 spiro atoms. The molecule has 0 aliphatic carbocycles. The lowest BCUT2D eigenvalue weighted by Crippen LogP contribution is -2.45. The number of carbonyl (C=O) groups is 2. The minimum absolute atomic E-state index is 0.00984. The van der Waals surface area contributed by atoms with Gasteiger partial charge in [0.2, 0.25) is 11.8 Å². The maximum Gasteiger partial charge on any atom is 0.242 e. The van der Waals surface area contributed by atoms with Gasteiger partial charge < -0.3 is 16.0 Å². The van der Waals surface area contributed by atoms with E-state index in [1.807, 2.05) is 19.9 Å². The summed E-state index contributed by atoms with van der Waals surface area (Å²) >= 11 is 0. The van der Waals surface area contributed by atoms with Crippen LogP contribution in [0.1, 0.15) is 20.3 Å². The van der Waals surface area contributed by atoms with Crippen molar-refractivity contribution in [2.24, 2.45) is 5.73 Å². The lowest BCUT2D eigenvalue weighted by molar-refractivity contribution is -0.134. The minimum atomic E-state index is -0.364. The number of hydrogen-bond acceptors (Lipinski definition) is 4. The van der Waals surface area contributed by atoms with Crippen molar-refractivity contribution in [3.05, 3.63) is 0 Å². The summed E-state index contributed by atoms with van der Waals surface area (Å²) in [6.45, 7) is 3.90. The molecule has 0 aliphatic rings. The third-order valence-corrected chi connectivity index (χ3v) is 2.03. The fourth-order valence-corrected chi connectivity index (χ4v) is 1.19. The van der Waals surface area contributed by atoms with Crippen LogP contribution in [-0.2, 0) is 9.59 Å². The number of rotatable bonds is 6. The van der Waals surface area contributed by atoms with Crippen LogP contribution in [0, 0.1) is 11.3 Å². The van der Waals surface area contributed by atoms with Crippen LogP contribution in [0.2, 0.25) is 0 Å². The van der Waals surface area contributed by atoms with Crippen molar-refractivity contribution < 1.29 is 9.59 Å². The number of amides is 2. The molecule has 0 bridgehead atoms. The zero-order valence-corrected chi connectivity index (χ0v) is 9.69. The van der Waals surface area contributed by atoms with E-state index in [0.29, 0.717) is 6.54 Å². The van der Waals surface area contributed by atoms with E-state index < -0.39 is 0 Å². The number of nitrogens with two attached hydrogens (primary N) is 1. The molecule has 16 heavy (non-hydrogen) atoms. The molecule has 0 aliphatic heterocycles. The summed E-state index contributed by atoms with van der Waals surface area (Å²) in [7, 11) is 0. The number of carbonyl (C=O) groups excluding carboxylic acids is 2. The second kappa shape index (κ2) is 7.65. The molecule has 0 aromatic heterocycles. The Kier molecular flexibility index (Phi) is 6.88. The van der Waals surface area contributed by atoms with Gasteiger partial charge in [-0.05, 0) is 13.8 Å². The van der Waals surface area contributed by atoms with E-state index in [2.05, 4.69) is 5.32 Å². The summed E-state index contributed by atoms with van der Waals surface area (Å²) in [5.74, 6) is -0.565. The Morgan fingerprint density at radius 1 is 1.50 bits per heavy atom. The topological polar surface area (TPSA) is 99.2 Å². The first-order chi connectivity index (χ1) is 7.52. The number of nitrogens with one attached hydrogen (secondary N) is 1. The number of nitrogens with zero attached hydrogens (tertiary/aromatic N) is 2. The second-order valence-electron chi connectivity index (χ2n) is 3.57. The van der Waals surface area contributed by atoms with E-state index in [1.165, 1.54) is 0 Å². The van der Waals surface area contributed by atoms with Gasteiger partial charge in [-0.2, -0.15) is 5.26 Å². The molecule has 0 atom stereocenters. The SMILES string of the molecule is CC(C)N(CCC#N)C(=O)CNC(=O)CN. The Morgan fingerprint density at radius 2 is 2.12 bits per heavy atom. The summed E-state index contributed by atoms with van der Waals surface area (Å²) in [6, 6.07) is 1.99. The van der Waals surface area contributed by atoms with E-state index in [1.54, 1.807) is 4.90 Å². The first kappa shape index (κ1) is 14.4. The Labute approximate surface area is 95.4 Å². The maximum absolute atomic E-state index is 11.7. The molecule has 0 fully saturated rings. The largest absolute Gasteiger partial charge is 0.346 e. The van der Waals surface area contributed by atoms with E-state index in [0.717, 1.165) is 0 Å². The standard InChI is InChI=1S/C10H18N4O2/c1-8(2)14(5-3-4-11)10(16)7-13-9(15)6-12/h8H,3,5-7,12H2,1-2H3,(H,13,15). The highest BCUT2D eigenvalue weighted by Crippen LogP contribution is 1.99. The average Bonchev–Trinajstić information content (AvgIpc) is 2.25. The quantitative estimate of drug-likeness (QED) is 0.620. The van der Waals surface area contributed by atoms with E-state index in [4.69, 9.17) is 11.0 Å². The third kappa shape index (κ3) is 5.32. The predicted octanol–water partition coefficient (Wildman–Crippen LogP) is -0.788. The summed E-state index contributed by atoms with van der Waals surface area (Å²) < 4.78 is 0. The van der Waals surface area contributed by atoms with E-state index in [-0.39, 0.29) is 37.4 Å². The molecule has 0 radical (unpaired) electrons. The molecule has 0 heterocycles. The van der Waals surface area contributed by atoms with Gasteiger partial charge in [-0.15, -0.1) is 0 Å². The van der Waals surface area contributed by atoms with Crippen molar-refractivity contribution in [1.29, 1.82) is 5.26 Å². The highest BCUT2D eigenvalue weighted by atomic mass is 16.2. The molecular weight excluding hydrogens is 208 g/mol. The van der Waals surface area contributed by atoms with Crippen molar-refractivity contribution in [2.75, 3.05) is 19.6 Å². The van der Waals surface area contributed by atoms with Crippen LogP contribution in [0.5, 0.6) is 0 Å².